The second-order valence-electron chi connectivity index (χ2n) is 8.71. The molecule has 2 aromatic rings. The van der Waals surface area contributed by atoms with E-state index in [4.69, 9.17) is 9.47 Å². The van der Waals surface area contributed by atoms with Gasteiger partial charge in [-0.05, 0) is 42.3 Å². The summed E-state index contributed by atoms with van der Waals surface area (Å²) >= 11 is 0. The molecule has 3 aliphatic rings. The van der Waals surface area contributed by atoms with Gasteiger partial charge in [-0.25, -0.2) is 4.79 Å². The van der Waals surface area contributed by atoms with Crippen molar-refractivity contribution >= 4 is 17.6 Å². The monoisotopic (exact) mass is 509 g/mol. The van der Waals surface area contributed by atoms with Gasteiger partial charge in [0.05, 0.1) is 28.9 Å². The van der Waals surface area contributed by atoms with Gasteiger partial charge in [0, 0.05) is 17.7 Å². The Morgan fingerprint density at radius 3 is 2.28 bits per heavy atom. The number of hydrogen-bond acceptors (Lipinski definition) is 4. The van der Waals surface area contributed by atoms with Crippen LogP contribution in [0.25, 0.3) is 0 Å². The minimum absolute atomic E-state index is 0.0195. The molecule has 0 aromatic heterocycles. The Bertz CT molecular complexity index is 1290. The number of halogens is 6. The second-order valence-corrected chi connectivity index (χ2v) is 8.71. The molecule has 11 heteroatoms. The molecule has 0 bridgehead atoms. The standard InChI is InChI=1S/C25H17F6NO4/c1-12-6-20(35-11-18-21-17-5-3-2-4-13(17)7-19(21)36-23(18)34)32(22(12)33)16-9-14(24(26,27)28)8-15(10-16)25(29,30)31/h2-6,8-11,19-21H,7H2,1H3/b18-11+. The fourth-order valence-electron chi connectivity index (χ4n) is 4.74. The highest BCUT2D eigenvalue weighted by molar-refractivity contribution is 6.08. The van der Waals surface area contributed by atoms with Crippen LogP contribution in [0.4, 0.5) is 32.0 Å². The van der Waals surface area contributed by atoms with E-state index in [1.807, 2.05) is 18.2 Å². The number of esters is 1. The Morgan fingerprint density at radius 2 is 1.64 bits per heavy atom. The number of anilines is 1. The summed E-state index contributed by atoms with van der Waals surface area (Å²) < 4.78 is 91.2. The van der Waals surface area contributed by atoms with Crippen LogP contribution in [0, 0.1) is 0 Å². The molecule has 2 aliphatic heterocycles. The van der Waals surface area contributed by atoms with Crippen LogP contribution in [-0.2, 0) is 37.8 Å². The van der Waals surface area contributed by atoms with E-state index in [9.17, 15) is 35.9 Å². The first-order chi connectivity index (χ1) is 16.8. The van der Waals surface area contributed by atoms with E-state index in [1.54, 1.807) is 6.07 Å². The van der Waals surface area contributed by atoms with Crippen molar-refractivity contribution in [2.24, 2.45) is 0 Å². The SMILES string of the molecule is CC1=CC(O/C=C2/C(=O)OC3Cc4ccccc4C23)N(c2cc(C(F)(F)F)cc(C(F)(F)F)c2)C1=O. The van der Waals surface area contributed by atoms with E-state index in [0.717, 1.165) is 17.4 Å². The molecular weight excluding hydrogens is 492 g/mol. The van der Waals surface area contributed by atoms with Crippen LogP contribution >= 0.6 is 0 Å². The van der Waals surface area contributed by atoms with Gasteiger partial charge in [-0.3, -0.25) is 9.69 Å². The Labute approximate surface area is 200 Å². The molecule has 1 aliphatic carbocycles. The fraction of sp³-hybridized carbons (Fsp3) is 0.280. The molecule has 1 saturated heterocycles. The van der Waals surface area contributed by atoms with Crippen LogP contribution in [0.15, 0.2) is 65.9 Å². The number of ether oxygens (including phenoxy) is 2. The van der Waals surface area contributed by atoms with Crippen LogP contribution in [-0.4, -0.2) is 24.2 Å². The number of carbonyl (C=O) groups excluding carboxylic acids is 2. The first-order valence-corrected chi connectivity index (χ1v) is 10.8. The van der Waals surface area contributed by atoms with E-state index in [0.29, 0.717) is 23.5 Å². The van der Waals surface area contributed by atoms with Crippen molar-refractivity contribution in [1.82, 2.24) is 0 Å². The van der Waals surface area contributed by atoms with E-state index in [1.165, 1.54) is 13.0 Å². The highest BCUT2D eigenvalue weighted by Crippen LogP contribution is 2.45. The molecule has 5 nitrogen and oxygen atoms in total. The summed E-state index contributed by atoms with van der Waals surface area (Å²) in [5.74, 6) is -1.91. The predicted octanol–water partition coefficient (Wildman–Crippen LogP) is 5.51. The van der Waals surface area contributed by atoms with E-state index in [2.05, 4.69) is 0 Å². The van der Waals surface area contributed by atoms with Crippen molar-refractivity contribution < 1.29 is 45.4 Å². The molecule has 0 spiro atoms. The number of amides is 1. The van der Waals surface area contributed by atoms with Gasteiger partial charge in [-0.15, -0.1) is 0 Å². The maximum atomic E-state index is 13.4. The third-order valence-electron chi connectivity index (χ3n) is 6.40. The lowest BCUT2D eigenvalue weighted by molar-refractivity contribution is -0.143. The Hall–Kier alpha value is -3.76. The predicted molar refractivity (Wildman–Crippen MR) is 113 cm³/mol. The Balaban J connectivity index is 1.51. The summed E-state index contributed by atoms with van der Waals surface area (Å²) in [6.07, 6.45) is -9.16. The van der Waals surface area contributed by atoms with Crippen molar-refractivity contribution in [2.75, 3.05) is 4.90 Å². The van der Waals surface area contributed by atoms with Crippen LogP contribution in [0.5, 0.6) is 0 Å². The van der Waals surface area contributed by atoms with Crippen molar-refractivity contribution in [1.29, 1.82) is 0 Å². The van der Waals surface area contributed by atoms with Crippen LogP contribution in [0.2, 0.25) is 0 Å². The number of hydrogen-bond donors (Lipinski definition) is 0. The van der Waals surface area contributed by atoms with Gasteiger partial charge in [0.2, 0.25) is 0 Å². The minimum Gasteiger partial charge on any atom is -0.473 e. The number of carbonyl (C=O) groups is 2. The van der Waals surface area contributed by atoms with Crippen LogP contribution < -0.4 is 4.90 Å². The summed E-state index contributed by atoms with van der Waals surface area (Å²) in [6, 6.07) is 8.28. The molecule has 1 fully saturated rings. The van der Waals surface area contributed by atoms with E-state index in [-0.39, 0.29) is 17.2 Å². The average Bonchev–Trinajstić information content (AvgIpc) is 3.39. The quantitative estimate of drug-likeness (QED) is 0.237. The first kappa shape index (κ1) is 24.0. The zero-order valence-corrected chi connectivity index (χ0v) is 18.5. The molecule has 3 unspecified atom stereocenters. The van der Waals surface area contributed by atoms with E-state index >= 15 is 0 Å². The number of nitrogens with zero attached hydrogens (tertiary/aromatic N) is 1. The van der Waals surface area contributed by atoms with Gasteiger partial charge in [0.25, 0.3) is 5.91 Å². The van der Waals surface area contributed by atoms with Crippen LogP contribution in [0.1, 0.15) is 35.1 Å². The molecular formula is C25H17F6NO4. The number of alkyl halides is 6. The number of benzene rings is 2. The fourth-order valence-corrected chi connectivity index (χ4v) is 4.74. The zero-order chi connectivity index (χ0) is 26.0. The van der Waals surface area contributed by atoms with Gasteiger partial charge >= 0.3 is 18.3 Å². The molecule has 0 N–H and O–H groups in total. The van der Waals surface area contributed by atoms with Crippen molar-refractivity contribution in [3.63, 3.8) is 0 Å². The van der Waals surface area contributed by atoms with E-state index < -0.39 is 59.3 Å². The summed E-state index contributed by atoms with van der Waals surface area (Å²) in [5.41, 5.74) is -1.71. The van der Waals surface area contributed by atoms with Crippen molar-refractivity contribution in [3.05, 3.63) is 88.2 Å². The Kier molecular flexibility index (Phi) is 5.42. The second kappa shape index (κ2) is 8.14. The highest BCUT2D eigenvalue weighted by atomic mass is 19.4. The first-order valence-electron chi connectivity index (χ1n) is 10.8. The molecule has 5 rings (SSSR count). The van der Waals surface area contributed by atoms with Gasteiger partial charge in [0.15, 0.2) is 6.23 Å². The third kappa shape index (κ3) is 4.02. The van der Waals surface area contributed by atoms with Gasteiger partial charge in [-0.2, -0.15) is 26.3 Å². The smallest absolute Gasteiger partial charge is 0.416 e. The molecule has 188 valence electrons. The lowest BCUT2D eigenvalue weighted by Crippen LogP contribution is -2.36. The number of rotatable bonds is 3. The molecule has 2 heterocycles. The summed E-state index contributed by atoms with van der Waals surface area (Å²) in [7, 11) is 0. The topological polar surface area (TPSA) is 55.8 Å². The van der Waals surface area contributed by atoms with Crippen LogP contribution in [0.3, 0.4) is 0 Å². The summed E-state index contributed by atoms with van der Waals surface area (Å²) in [5, 5.41) is 0. The average molecular weight is 509 g/mol. The molecule has 3 atom stereocenters. The molecule has 1 amide bonds. The lowest BCUT2D eigenvalue weighted by atomic mass is 9.94. The van der Waals surface area contributed by atoms with Crippen molar-refractivity contribution in [2.45, 2.75) is 43.9 Å². The maximum Gasteiger partial charge on any atom is 0.416 e. The minimum atomic E-state index is -5.09. The highest BCUT2D eigenvalue weighted by Gasteiger charge is 2.47. The molecule has 2 aromatic carbocycles. The normalized spacial score (nSPS) is 24.6. The van der Waals surface area contributed by atoms with Crippen molar-refractivity contribution in [3.8, 4) is 0 Å². The molecule has 36 heavy (non-hydrogen) atoms. The van der Waals surface area contributed by atoms with Gasteiger partial charge < -0.3 is 9.47 Å². The Morgan fingerprint density at radius 1 is 1.00 bits per heavy atom. The molecule has 0 saturated carbocycles. The summed E-state index contributed by atoms with van der Waals surface area (Å²) in [6.45, 7) is 1.36. The van der Waals surface area contributed by atoms with Gasteiger partial charge in [-0.1, -0.05) is 24.3 Å². The lowest BCUT2D eigenvalue weighted by Gasteiger charge is -2.26. The van der Waals surface area contributed by atoms with Gasteiger partial charge in [0.1, 0.15) is 6.10 Å². The largest absolute Gasteiger partial charge is 0.473 e. The molecule has 0 radical (unpaired) electrons. The third-order valence-corrected chi connectivity index (χ3v) is 6.40. The number of fused-ring (bicyclic) bond motifs is 3. The maximum absolute atomic E-state index is 13.4. The zero-order valence-electron chi connectivity index (χ0n) is 18.5. The summed E-state index contributed by atoms with van der Waals surface area (Å²) in [4.78, 5) is 25.9.